The SMILES string of the molecule is Cn1nc(C(=O)O)c2c(-c3cccc(NC=O)c3)ccnc21. The summed E-state index contributed by atoms with van der Waals surface area (Å²) in [7, 11) is 1.65. The number of benzene rings is 1. The van der Waals surface area contributed by atoms with Crippen molar-refractivity contribution in [3.8, 4) is 11.1 Å². The second-order valence-electron chi connectivity index (χ2n) is 4.68. The van der Waals surface area contributed by atoms with Crippen LogP contribution in [0.5, 0.6) is 0 Å². The minimum atomic E-state index is -1.11. The van der Waals surface area contributed by atoms with Crippen LogP contribution in [0.15, 0.2) is 36.5 Å². The summed E-state index contributed by atoms with van der Waals surface area (Å²) >= 11 is 0. The standard InChI is InChI=1S/C15H12N4O3/c1-19-14-12(13(18-19)15(21)22)11(5-6-16-14)9-3-2-4-10(7-9)17-8-20/h2-8H,1H3,(H,17,20)(H,21,22). The number of carboxylic acid groups (broad SMARTS) is 1. The number of aromatic nitrogens is 3. The third kappa shape index (κ3) is 2.18. The quantitative estimate of drug-likeness (QED) is 0.717. The second-order valence-corrected chi connectivity index (χ2v) is 4.68. The third-order valence-corrected chi connectivity index (χ3v) is 3.33. The van der Waals surface area contributed by atoms with E-state index in [1.165, 1.54) is 4.68 Å². The van der Waals surface area contributed by atoms with Crippen molar-refractivity contribution in [3.63, 3.8) is 0 Å². The molecule has 0 saturated carbocycles. The van der Waals surface area contributed by atoms with E-state index < -0.39 is 5.97 Å². The summed E-state index contributed by atoms with van der Waals surface area (Å²) in [6, 6.07) is 8.86. The molecule has 7 nitrogen and oxygen atoms in total. The molecule has 0 atom stereocenters. The molecule has 1 amide bonds. The first-order valence-electron chi connectivity index (χ1n) is 6.47. The Hall–Kier alpha value is -3.22. The van der Waals surface area contributed by atoms with Crippen LogP contribution in [0.1, 0.15) is 10.5 Å². The zero-order chi connectivity index (χ0) is 15.7. The van der Waals surface area contributed by atoms with E-state index in [1.807, 2.05) is 6.07 Å². The van der Waals surface area contributed by atoms with E-state index in [9.17, 15) is 14.7 Å². The Morgan fingerprint density at radius 2 is 2.18 bits per heavy atom. The van der Waals surface area contributed by atoms with Gasteiger partial charge in [-0.3, -0.25) is 4.79 Å². The monoisotopic (exact) mass is 296 g/mol. The maximum absolute atomic E-state index is 11.4. The average molecular weight is 296 g/mol. The summed E-state index contributed by atoms with van der Waals surface area (Å²) in [6.07, 6.45) is 2.19. The number of aromatic carboxylic acids is 1. The molecule has 3 rings (SSSR count). The molecule has 3 aromatic rings. The first-order valence-corrected chi connectivity index (χ1v) is 6.47. The number of nitrogens with one attached hydrogen (secondary N) is 1. The molecule has 0 unspecified atom stereocenters. The van der Waals surface area contributed by atoms with Gasteiger partial charge in [0.2, 0.25) is 6.41 Å². The van der Waals surface area contributed by atoms with Gasteiger partial charge >= 0.3 is 5.97 Å². The van der Waals surface area contributed by atoms with Crippen LogP contribution in [0.4, 0.5) is 5.69 Å². The van der Waals surface area contributed by atoms with Crippen LogP contribution in [-0.2, 0) is 11.8 Å². The summed E-state index contributed by atoms with van der Waals surface area (Å²) in [5.41, 5.74) is 2.54. The Labute approximate surface area is 125 Å². The third-order valence-electron chi connectivity index (χ3n) is 3.33. The van der Waals surface area contributed by atoms with Crippen molar-refractivity contribution in [1.29, 1.82) is 0 Å². The normalized spacial score (nSPS) is 10.6. The van der Waals surface area contributed by atoms with E-state index in [-0.39, 0.29) is 5.69 Å². The maximum atomic E-state index is 11.4. The van der Waals surface area contributed by atoms with Gasteiger partial charge in [0.25, 0.3) is 0 Å². The van der Waals surface area contributed by atoms with Crippen molar-refractivity contribution >= 4 is 29.1 Å². The highest BCUT2D eigenvalue weighted by atomic mass is 16.4. The van der Waals surface area contributed by atoms with Gasteiger partial charge in [-0.25, -0.2) is 14.5 Å². The van der Waals surface area contributed by atoms with Crippen molar-refractivity contribution in [3.05, 3.63) is 42.2 Å². The molecular formula is C15H12N4O3. The number of pyridine rings is 1. The Morgan fingerprint density at radius 3 is 2.91 bits per heavy atom. The number of fused-ring (bicyclic) bond motifs is 1. The van der Waals surface area contributed by atoms with Gasteiger partial charge in [0, 0.05) is 18.9 Å². The highest BCUT2D eigenvalue weighted by Crippen LogP contribution is 2.31. The first-order chi connectivity index (χ1) is 10.6. The molecule has 0 bridgehead atoms. The predicted octanol–water partition coefficient (Wildman–Crippen LogP) is 1.90. The van der Waals surface area contributed by atoms with Crippen LogP contribution < -0.4 is 5.32 Å². The van der Waals surface area contributed by atoms with Crippen LogP contribution in [-0.4, -0.2) is 32.3 Å². The van der Waals surface area contributed by atoms with E-state index in [1.54, 1.807) is 37.5 Å². The Kier molecular flexibility index (Phi) is 3.30. The Balaban J connectivity index is 2.29. The lowest BCUT2D eigenvalue weighted by Crippen LogP contribution is -1.99. The van der Waals surface area contributed by atoms with Gasteiger partial charge in [-0.2, -0.15) is 5.10 Å². The van der Waals surface area contributed by atoms with Gasteiger partial charge in [0.05, 0.1) is 5.39 Å². The molecule has 1 aromatic carbocycles. The fraction of sp³-hybridized carbons (Fsp3) is 0.0667. The van der Waals surface area contributed by atoms with Crippen LogP contribution in [0.2, 0.25) is 0 Å². The molecule has 0 aliphatic heterocycles. The Bertz CT molecular complexity index is 886. The number of amides is 1. The lowest BCUT2D eigenvalue weighted by Gasteiger charge is -2.06. The molecule has 0 fully saturated rings. The highest BCUT2D eigenvalue weighted by molar-refractivity contribution is 6.07. The predicted molar refractivity (Wildman–Crippen MR) is 80.6 cm³/mol. The van der Waals surface area contributed by atoms with Gasteiger partial charge < -0.3 is 10.4 Å². The van der Waals surface area contributed by atoms with Crippen molar-refractivity contribution < 1.29 is 14.7 Å². The summed E-state index contributed by atoms with van der Waals surface area (Å²) in [5.74, 6) is -1.11. The van der Waals surface area contributed by atoms with Crippen LogP contribution in [0.3, 0.4) is 0 Å². The summed E-state index contributed by atoms with van der Waals surface area (Å²) in [4.78, 5) is 26.2. The van der Waals surface area contributed by atoms with Crippen LogP contribution in [0, 0.1) is 0 Å². The zero-order valence-corrected chi connectivity index (χ0v) is 11.6. The molecule has 110 valence electrons. The number of rotatable bonds is 4. The van der Waals surface area contributed by atoms with E-state index >= 15 is 0 Å². The summed E-state index contributed by atoms with van der Waals surface area (Å²) in [6.45, 7) is 0. The molecule has 7 heteroatoms. The van der Waals surface area contributed by atoms with E-state index in [0.29, 0.717) is 28.7 Å². The molecular weight excluding hydrogens is 284 g/mol. The van der Waals surface area contributed by atoms with Crippen LogP contribution in [0.25, 0.3) is 22.2 Å². The van der Waals surface area contributed by atoms with Gasteiger partial charge in [0.15, 0.2) is 11.3 Å². The number of hydrogen-bond acceptors (Lipinski definition) is 4. The smallest absolute Gasteiger partial charge is 0.357 e. The van der Waals surface area contributed by atoms with Crippen molar-refractivity contribution in [2.45, 2.75) is 0 Å². The van der Waals surface area contributed by atoms with E-state index in [4.69, 9.17) is 0 Å². The minimum absolute atomic E-state index is 0.0469. The summed E-state index contributed by atoms with van der Waals surface area (Å²) < 4.78 is 1.44. The molecule has 0 radical (unpaired) electrons. The fourth-order valence-electron chi connectivity index (χ4n) is 2.41. The first kappa shape index (κ1) is 13.7. The molecule has 2 N–H and O–H groups in total. The van der Waals surface area contributed by atoms with E-state index in [0.717, 1.165) is 5.56 Å². The molecule has 0 aliphatic rings. The van der Waals surface area contributed by atoms with Crippen LogP contribution >= 0.6 is 0 Å². The molecule has 2 heterocycles. The number of aryl methyl sites for hydroxylation is 1. The largest absolute Gasteiger partial charge is 0.476 e. The molecule has 0 spiro atoms. The number of hydrogen-bond donors (Lipinski definition) is 2. The molecule has 2 aromatic heterocycles. The van der Waals surface area contributed by atoms with Crippen molar-refractivity contribution in [1.82, 2.24) is 14.8 Å². The maximum Gasteiger partial charge on any atom is 0.357 e. The number of anilines is 1. The molecule has 0 saturated heterocycles. The lowest BCUT2D eigenvalue weighted by atomic mass is 10.0. The van der Waals surface area contributed by atoms with E-state index in [2.05, 4.69) is 15.4 Å². The summed E-state index contributed by atoms with van der Waals surface area (Å²) in [5, 5.41) is 16.4. The lowest BCUT2D eigenvalue weighted by molar-refractivity contribution is -0.105. The molecule has 0 aliphatic carbocycles. The van der Waals surface area contributed by atoms with Gasteiger partial charge in [-0.1, -0.05) is 12.1 Å². The fourth-order valence-corrected chi connectivity index (χ4v) is 2.41. The average Bonchev–Trinajstić information content (AvgIpc) is 2.86. The van der Waals surface area contributed by atoms with Crippen molar-refractivity contribution in [2.24, 2.45) is 7.05 Å². The van der Waals surface area contributed by atoms with Gasteiger partial charge in [-0.15, -0.1) is 0 Å². The minimum Gasteiger partial charge on any atom is -0.476 e. The van der Waals surface area contributed by atoms with Gasteiger partial charge in [0.1, 0.15) is 0 Å². The number of carboxylic acids is 1. The zero-order valence-electron chi connectivity index (χ0n) is 11.6. The Morgan fingerprint density at radius 1 is 1.36 bits per heavy atom. The topological polar surface area (TPSA) is 97.1 Å². The van der Waals surface area contributed by atoms with Gasteiger partial charge in [-0.05, 0) is 29.3 Å². The number of carbonyl (C=O) groups is 2. The second kappa shape index (κ2) is 5.28. The van der Waals surface area contributed by atoms with Crippen molar-refractivity contribution in [2.75, 3.05) is 5.32 Å². The highest BCUT2D eigenvalue weighted by Gasteiger charge is 2.19. The number of carbonyl (C=O) groups excluding carboxylic acids is 1. The number of nitrogens with zero attached hydrogens (tertiary/aromatic N) is 3. The molecule has 22 heavy (non-hydrogen) atoms.